The minimum absolute atomic E-state index is 0.0138. The molecular formula is C14H22N2O4. The quantitative estimate of drug-likeness (QED) is 0.767. The Morgan fingerprint density at radius 2 is 1.85 bits per heavy atom. The van der Waals surface area contributed by atoms with Crippen LogP contribution in [0.25, 0.3) is 0 Å². The van der Waals surface area contributed by atoms with Crippen LogP contribution < -0.4 is 5.32 Å². The third-order valence-corrected chi connectivity index (χ3v) is 4.15. The topological polar surface area (TPSA) is 86.7 Å². The number of piperidine rings is 1. The maximum atomic E-state index is 12.1. The molecule has 0 aromatic heterocycles. The number of carbonyl (C=O) groups is 3. The molecule has 112 valence electrons. The van der Waals surface area contributed by atoms with Crippen molar-refractivity contribution in [2.24, 2.45) is 17.8 Å². The van der Waals surface area contributed by atoms with E-state index in [1.165, 1.54) is 0 Å². The van der Waals surface area contributed by atoms with Gasteiger partial charge in [0, 0.05) is 25.6 Å². The van der Waals surface area contributed by atoms with E-state index in [-0.39, 0.29) is 23.7 Å². The Balaban J connectivity index is 1.76. The van der Waals surface area contributed by atoms with Gasteiger partial charge < -0.3 is 15.3 Å². The fourth-order valence-corrected chi connectivity index (χ4v) is 2.73. The summed E-state index contributed by atoms with van der Waals surface area (Å²) >= 11 is 0. The molecule has 0 spiro atoms. The van der Waals surface area contributed by atoms with Gasteiger partial charge >= 0.3 is 5.97 Å². The first-order valence-corrected chi connectivity index (χ1v) is 7.34. The van der Waals surface area contributed by atoms with E-state index in [0.717, 1.165) is 6.42 Å². The van der Waals surface area contributed by atoms with Crippen LogP contribution in [0.5, 0.6) is 0 Å². The van der Waals surface area contributed by atoms with E-state index in [1.807, 2.05) is 6.92 Å². The molecule has 6 heteroatoms. The number of hydrogen-bond acceptors (Lipinski definition) is 3. The number of nitrogens with zero attached hydrogens (tertiary/aromatic N) is 1. The van der Waals surface area contributed by atoms with Gasteiger partial charge in [0.2, 0.25) is 11.8 Å². The molecule has 2 atom stereocenters. The summed E-state index contributed by atoms with van der Waals surface area (Å²) in [5, 5.41) is 11.7. The summed E-state index contributed by atoms with van der Waals surface area (Å²) in [5.74, 6) is -1.69. The van der Waals surface area contributed by atoms with E-state index in [1.54, 1.807) is 4.90 Å². The number of rotatable bonds is 5. The molecule has 2 unspecified atom stereocenters. The number of aliphatic carboxylic acids is 1. The maximum Gasteiger partial charge on any atom is 0.307 e. The van der Waals surface area contributed by atoms with Crippen LogP contribution in [0.4, 0.5) is 0 Å². The molecule has 2 aliphatic rings. The molecule has 2 amide bonds. The van der Waals surface area contributed by atoms with E-state index in [0.29, 0.717) is 38.9 Å². The van der Waals surface area contributed by atoms with Crippen molar-refractivity contribution in [3.05, 3.63) is 0 Å². The third-order valence-electron chi connectivity index (χ3n) is 4.15. The molecular weight excluding hydrogens is 260 g/mol. The highest BCUT2D eigenvalue weighted by Crippen LogP contribution is 2.40. The van der Waals surface area contributed by atoms with Gasteiger partial charge in [-0.3, -0.25) is 14.4 Å². The number of carboxylic acid groups (broad SMARTS) is 1. The first kappa shape index (κ1) is 14.8. The Kier molecular flexibility index (Phi) is 4.62. The SMILES string of the molecule is CCCNC(=O)C1CCN(C(=O)C2CC2C(=O)O)CC1. The summed E-state index contributed by atoms with van der Waals surface area (Å²) < 4.78 is 0. The Hall–Kier alpha value is -1.59. The summed E-state index contributed by atoms with van der Waals surface area (Å²) in [4.78, 5) is 36.4. The van der Waals surface area contributed by atoms with Gasteiger partial charge in [-0.2, -0.15) is 0 Å². The lowest BCUT2D eigenvalue weighted by Crippen LogP contribution is -2.44. The van der Waals surface area contributed by atoms with E-state index in [9.17, 15) is 14.4 Å². The molecule has 2 rings (SSSR count). The van der Waals surface area contributed by atoms with Crippen LogP contribution in [0.1, 0.15) is 32.6 Å². The minimum Gasteiger partial charge on any atom is -0.481 e. The van der Waals surface area contributed by atoms with Gasteiger partial charge in [0.05, 0.1) is 11.8 Å². The fraction of sp³-hybridized carbons (Fsp3) is 0.786. The molecule has 0 radical (unpaired) electrons. The average Bonchev–Trinajstić information content (AvgIpc) is 3.24. The lowest BCUT2D eigenvalue weighted by atomic mass is 9.95. The number of carboxylic acids is 1. The molecule has 0 aromatic carbocycles. The molecule has 1 saturated carbocycles. The summed E-state index contributed by atoms with van der Waals surface area (Å²) in [5.41, 5.74) is 0. The zero-order chi connectivity index (χ0) is 14.7. The van der Waals surface area contributed by atoms with E-state index < -0.39 is 11.9 Å². The predicted octanol–water partition coefficient (Wildman–Crippen LogP) is 0.472. The molecule has 0 bridgehead atoms. The van der Waals surface area contributed by atoms with Gasteiger partial charge in [-0.15, -0.1) is 0 Å². The number of hydrogen-bond donors (Lipinski definition) is 2. The highest BCUT2D eigenvalue weighted by molar-refractivity contribution is 5.89. The van der Waals surface area contributed by atoms with Crippen molar-refractivity contribution in [2.75, 3.05) is 19.6 Å². The smallest absolute Gasteiger partial charge is 0.307 e. The summed E-state index contributed by atoms with van der Waals surface area (Å²) in [6.07, 6.45) is 2.73. The molecule has 0 aromatic rings. The standard InChI is InChI=1S/C14H22N2O4/c1-2-5-15-12(17)9-3-6-16(7-4-9)13(18)10-8-11(10)14(19)20/h9-11H,2-8H2,1H3,(H,15,17)(H,19,20). The molecule has 2 N–H and O–H groups in total. The minimum atomic E-state index is -0.878. The normalized spacial score (nSPS) is 26.1. The second kappa shape index (κ2) is 6.24. The average molecular weight is 282 g/mol. The molecule has 1 heterocycles. The summed E-state index contributed by atoms with van der Waals surface area (Å²) in [6.45, 7) is 3.83. The van der Waals surface area contributed by atoms with Crippen LogP contribution in [-0.4, -0.2) is 47.4 Å². The van der Waals surface area contributed by atoms with E-state index in [2.05, 4.69) is 5.32 Å². The molecule has 2 fully saturated rings. The molecule has 1 saturated heterocycles. The summed E-state index contributed by atoms with van der Waals surface area (Å²) in [6, 6.07) is 0. The zero-order valence-corrected chi connectivity index (χ0v) is 11.8. The summed E-state index contributed by atoms with van der Waals surface area (Å²) in [7, 11) is 0. The number of carbonyl (C=O) groups excluding carboxylic acids is 2. The van der Waals surface area contributed by atoms with Crippen molar-refractivity contribution < 1.29 is 19.5 Å². The van der Waals surface area contributed by atoms with Crippen molar-refractivity contribution in [2.45, 2.75) is 32.6 Å². The van der Waals surface area contributed by atoms with Crippen LogP contribution in [0.2, 0.25) is 0 Å². The largest absolute Gasteiger partial charge is 0.481 e. The van der Waals surface area contributed by atoms with Crippen molar-refractivity contribution in [1.82, 2.24) is 10.2 Å². The van der Waals surface area contributed by atoms with Crippen LogP contribution in [-0.2, 0) is 14.4 Å². The highest BCUT2D eigenvalue weighted by atomic mass is 16.4. The number of likely N-dealkylation sites (tertiary alicyclic amines) is 1. The molecule has 6 nitrogen and oxygen atoms in total. The first-order valence-electron chi connectivity index (χ1n) is 7.34. The second-order valence-electron chi connectivity index (χ2n) is 5.68. The van der Waals surface area contributed by atoms with Gasteiger partial charge in [0.25, 0.3) is 0 Å². The van der Waals surface area contributed by atoms with Crippen molar-refractivity contribution >= 4 is 17.8 Å². The predicted molar refractivity (Wildman–Crippen MR) is 71.8 cm³/mol. The second-order valence-corrected chi connectivity index (χ2v) is 5.68. The van der Waals surface area contributed by atoms with Gasteiger partial charge in [0.1, 0.15) is 0 Å². The Morgan fingerprint density at radius 3 is 2.35 bits per heavy atom. The van der Waals surface area contributed by atoms with Gasteiger partial charge in [-0.05, 0) is 25.7 Å². The lowest BCUT2D eigenvalue weighted by molar-refractivity contribution is -0.142. The lowest BCUT2D eigenvalue weighted by Gasteiger charge is -2.31. The Morgan fingerprint density at radius 1 is 1.20 bits per heavy atom. The molecule has 20 heavy (non-hydrogen) atoms. The highest BCUT2D eigenvalue weighted by Gasteiger charge is 2.50. The van der Waals surface area contributed by atoms with Crippen LogP contribution >= 0.6 is 0 Å². The van der Waals surface area contributed by atoms with Gasteiger partial charge in [-0.25, -0.2) is 0 Å². The van der Waals surface area contributed by atoms with Crippen LogP contribution in [0.3, 0.4) is 0 Å². The van der Waals surface area contributed by atoms with Gasteiger partial charge in [-0.1, -0.05) is 6.92 Å². The van der Waals surface area contributed by atoms with Crippen molar-refractivity contribution in [1.29, 1.82) is 0 Å². The first-order chi connectivity index (χ1) is 9.54. The Bertz CT molecular complexity index is 402. The fourth-order valence-electron chi connectivity index (χ4n) is 2.73. The van der Waals surface area contributed by atoms with Crippen molar-refractivity contribution in [3.63, 3.8) is 0 Å². The van der Waals surface area contributed by atoms with E-state index >= 15 is 0 Å². The van der Waals surface area contributed by atoms with Crippen LogP contribution in [0.15, 0.2) is 0 Å². The molecule has 1 aliphatic carbocycles. The Labute approximate surface area is 118 Å². The number of amides is 2. The third kappa shape index (κ3) is 3.29. The zero-order valence-electron chi connectivity index (χ0n) is 11.8. The van der Waals surface area contributed by atoms with E-state index in [4.69, 9.17) is 5.11 Å². The number of nitrogens with one attached hydrogen (secondary N) is 1. The molecule has 1 aliphatic heterocycles. The van der Waals surface area contributed by atoms with Crippen LogP contribution in [0, 0.1) is 17.8 Å². The van der Waals surface area contributed by atoms with Crippen molar-refractivity contribution in [3.8, 4) is 0 Å². The van der Waals surface area contributed by atoms with Gasteiger partial charge in [0.15, 0.2) is 0 Å². The maximum absolute atomic E-state index is 12.1. The monoisotopic (exact) mass is 282 g/mol.